The highest BCUT2D eigenvalue weighted by Crippen LogP contribution is 2.43. The first-order chi connectivity index (χ1) is 18.0. The third kappa shape index (κ3) is 4.74. The van der Waals surface area contributed by atoms with E-state index >= 15 is 0 Å². The number of aromatic nitrogens is 3. The van der Waals surface area contributed by atoms with Gasteiger partial charge in [-0.25, -0.2) is 14.3 Å². The summed E-state index contributed by atoms with van der Waals surface area (Å²) in [6.07, 6.45) is 9.68. The van der Waals surface area contributed by atoms with Crippen LogP contribution in [0.4, 0.5) is 0 Å². The first kappa shape index (κ1) is 24.1. The molecule has 0 amide bonds. The lowest BCUT2D eigenvalue weighted by Gasteiger charge is -2.35. The predicted molar refractivity (Wildman–Crippen MR) is 149 cm³/mol. The van der Waals surface area contributed by atoms with Gasteiger partial charge in [0.25, 0.3) is 0 Å². The van der Waals surface area contributed by atoms with Crippen LogP contribution in [0.1, 0.15) is 54.3 Å². The summed E-state index contributed by atoms with van der Waals surface area (Å²) in [7, 11) is 2.14. The molecule has 2 aliphatic rings. The SMILES string of the molecule is CC1CCC(C2=C(c3cc(-c4ccc(-c5cc6ncccn6n5)cc4)sc3C(=O)O)CN(C)CC2)CC1. The lowest BCUT2D eigenvalue weighted by molar-refractivity contribution is 0.0701. The van der Waals surface area contributed by atoms with Gasteiger partial charge < -0.3 is 10.0 Å². The molecule has 0 saturated heterocycles. The lowest BCUT2D eigenvalue weighted by atomic mass is 9.75. The molecule has 7 heteroatoms. The molecular formula is C30H32N4O2S. The molecule has 190 valence electrons. The number of nitrogens with zero attached hydrogens (tertiary/aromatic N) is 4. The average molecular weight is 513 g/mol. The van der Waals surface area contributed by atoms with Crippen molar-refractivity contribution in [1.82, 2.24) is 19.5 Å². The molecule has 37 heavy (non-hydrogen) atoms. The van der Waals surface area contributed by atoms with Crippen LogP contribution in [0.15, 0.2) is 60.4 Å². The number of likely N-dealkylation sites (N-methyl/N-ethyl adjacent to an activating group) is 1. The molecule has 0 radical (unpaired) electrons. The normalized spacial score (nSPS) is 21.0. The van der Waals surface area contributed by atoms with Gasteiger partial charge >= 0.3 is 5.97 Å². The molecule has 0 atom stereocenters. The summed E-state index contributed by atoms with van der Waals surface area (Å²) in [6, 6.07) is 14.2. The fourth-order valence-electron chi connectivity index (χ4n) is 5.92. The van der Waals surface area contributed by atoms with Crippen LogP contribution in [0, 0.1) is 11.8 Å². The first-order valence-electron chi connectivity index (χ1n) is 13.2. The Morgan fingerprint density at radius 1 is 1.08 bits per heavy atom. The third-order valence-electron chi connectivity index (χ3n) is 8.04. The number of hydrogen-bond donors (Lipinski definition) is 1. The van der Waals surface area contributed by atoms with Crippen LogP contribution in [0.3, 0.4) is 0 Å². The highest BCUT2D eigenvalue weighted by Gasteiger charge is 2.30. The number of carbonyl (C=O) groups is 1. The number of fused-ring (bicyclic) bond motifs is 1. The van der Waals surface area contributed by atoms with Crippen LogP contribution in [0.2, 0.25) is 0 Å². The second-order valence-corrected chi connectivity index (χ2v) is 11.7. The molecule has 0 spiro atoms. The van der Waals surface area contributed by atoms with Gasteiger partial charge in [0.15, 0.2) is 5.65 Å². The van der Waals surface area contributed by atoms with E-state index in [1.165, 1.54) is 48.2 Å². The zero-order chi connectivity index (χ0) is 25.5. The zero-order valence-electron chi connectivity index (χ0n) is 21.4. The molecule has 1 fully saturated rings. The summed E-state index contributed by atoms with van der Waals surface area (Å²) in [5.41, 5.74) is 7.39. The number of benzene rings is 1. The summed E-state index contributed by atoms with van der Waals surface area (Å²) in [6.45, 7) is 4.22. The van der Waals surface area contributed by atoms with Gasteiger partial charge in [-0.3, -0.25) is 0 Å². The highest BCUT2D eigenvalue weighted by atomic mass is 32.1. The summed E-state index contributed by atoms with van der Waals surface area (Å²) in [5.74, 6) is 0.551. The van der Waals surface area contributed by atoms with E-state index in [4.69, 9.17) is 0 Å². The van der Waals surface area contributed by atoms with E-state index in [1.54, 1.807) is 10.7 Å². The van der Waals surface area contributed by atoms with Gasteiger partial charge in [-0.05, 0) is 61.4 Å². The second-order valence-electron chi connectivity index (χ2n) is 10.6. The van der Waals surface area contributed by atoms with Gasteiger partial charge in [0, 0.05) is 47.6 Å². The van der Waals surface area contributed by atoms with Crippen molar-refractivity contribution in [3.05, 3.63) is 70.9 Å². The maximum Gasteiger partial charge on any atom is 0.346 e. The Bertz CT molecular complexity index is 1440. The molecule has 1 saturated carbocycles. The monoisotopic (exact) mass is 512 g/mol. The Balaban J connectivity index is 1.36. The van der Waals surface area contributed by atoms with Crippen molar-refractivity contribution in [2.45, 2.75) is 39.0 Å². The van der Waals surface area contributed by atoms with Crippen molar-refractivity contribution >= 4 is 28.5 Å². The molecule has 4 aromatic rings. The van der Waals surface area contributed by atoms with Crippen LogP contribution < -0.4 is 0 Å². The standard InChI is InChI=1S/C30H32N4O2S/c1-19-4-6-20(7-5-19)23-12-15-33(2)18-25(23)24-16-27(37-29(24)30(35)36)22-10-8-21(9-11-22)26-17-28-31-13-3-14-34(28)32-26/h3,8-11,13-14,16-17,19-20H,4-7,12,15,18H2,1-2H3,(H,35,36). The Labute approximate surface area is 221 Å². The molecular weight excluding hydrogens is 480 g/mol. The van der Waals surface area contributed by atoms with Crippen LogP contribution in [-0.2, 0) is 0 Å². The Hall–Kier alpha value is -3.29. The molecule has 1 aliphatic heterocycles. The zero-order valence-corrected chi connectivity index (χ0v) is 22.2. The first-order valence-corrected chi connectivity index (χ1v) is 14.0. The van der Waals surface area contributed by atoms with Crippen molar-refractivity contribution in [1.29, 1.82) is 0 Å². The fraction of sp³-hybridized carbons (Fsp3) is 0.367. The molecule has 1 N–H and O–H groups in total. The highest BCUT2D eigenvalue weighted by molar-refractivity contribution is 7.17. The number of carboxylic acids is 1. The maximum atomic E-state index is 12.4. The predicted octanol–water partition coefficient (Wildman–Crippen LogP) is 6.74. The van der Waals surface area contributed by atoms with E-state index in [0.29, 0.717) is 10.8 Å². The van der Waals surface area contributed by atoms with Crippen molar-refractivity contribution < 1.29 is 9.90 Å². The van der Waals surface area contributed by atoms with Crippen LogP contribution >= 0.6 is 11.3 Å². The van der Waals surface area contributed by atoms with Gasteiger partial charge in [-0.1, -0.05) is 49.6 Å². The number of thiophene rings is 1. The summed E-state index contributed by atoms with van der Waals surface area (Å²) in [4.78, 5) is 20.5. The quantitative estimate of drug-likeness (QED) is 0.321. The minimum atomic E-state index is -0.836. The minimum absolute atomic E-state index is 0.456. The molecule has 1 aromatic carbocycles. The largest absolute Gasteiger partial charge is 0.477 e. The molecule has 1 aliphatic carbocycles. The number of carboxylic acid groups (broad SMARTS) is 1. The van der Waals surface area contributed by atoms with Crippen LogP contribution in [-0.4, -0.2) is 50.7 Å². The number of hydrogen-bond acceptors (Lipinski definition) is 5. The smallest absolute Gasteiger partial charge is 0.346 e. The minimum Gasteiger partial charge on any atom is -0.477 e. The molecule has 0 unspecified atom stereocenters. The fourth-order valence-corrected chi connectivity index (χ4v) is 6.95. The van der Waals surface area contributed by atoms with E-state index in [1.807, 2.05) is 18.3 Å². The van der Waals surface area contributed by atoms with Crippen molar-refractivity contribution in [3.63, 3.8) is 0 Å². The number of aromatic carboxylic acids is 1. The molecule has 6 rings (SSSR count). The molecule has 0 bridgehead atoms. The summed E-state index contributed by atoms with van der Waals surface area (Å²) >= 11 is 1.39. The van der Waals surface area contributed by atoms with Crippen molar-refractivity contribution in [2.24, 2.45) is 11.8 Å². The van der Waals surface area contributed by atoms with Gasteiger partial charge in [-0.2, -0.15) is 5.10 Å². The van der Waals surface area contributed by atoms with E-state index in [-0.39, 0.29) is 0 Å². The Morgan fingerprint density at radius 2 is 1.84 bits per heavy atom. The number of rotatable bonds is 5. The second kappa shape index (κ2) is 9.88. The van der Waals surface area contributed by atoms with E-state index in [9.17, 15) is 9.90 Å². The Kier molecular flexibility index (Phi) is 6.42. The topological polar surface area (TPSA) is 70.7 Å². The average Bonchev–Trinajstić information content (AvgIpc) is 3.55. The van der Waals surface area contributed by atoms with E-state index in [2.05, 4.69) is 59.3 Å². The van der Waals surface area contributed by atoms with Crippen molar-refractivity contribution in [3.8, 4) is 21.7 Å². The lowest BCUT2D eigenvalue weighted by Crippen LogP contribution is -2.30. The van der Waals surface area contributed by atoms with Crippen LogP contribution in [0.25, 0.3) is 32.9 Å². The van der Waals surface area contributed by atoms with E-state index < -0.39 is 5.97 Å². The van der Waals surface area contributed by atoms with E-state index in [0.717, 1.165) is 58.3 Å². The van der Waals surface area contributed by atoms with Gasteiger partial charge in [-0.15, -0.1) is 11.3 Å². The van der Waals surface area contributed by atoms with Crippen LogP contribution in [0.5, 0.6) is 0 Å². The van der Waals surface area contributed by atoms with Gasteiger partial charge in [0.2, 0.25) is 0 Å². The Morgan fingerprint density at radius 3 is 2.57 bits per heavy atom. The third-order valence-corrected chi connectivity index (χ3v) is 9.21. The molecule has 3 aromatic heterocycles. The van der Waals surface area contributed by atoms with Gasteiger partial charge in [0.05, 0.1) is 5.69 Å². The molecule has 4 heterocycles. The van der Waals surface area contributed by atoms with Gasteiger partial charge in [0.1, 0.15) is 4.88 Å². The summed E-state index contributed by atoms with van der Waals surface area (Å²) in [5, 5.41) is 14.8. The van der Waals surface area contributed by atoms with Crippen molar-refractivity contribution in [2.75, 3.05) is 20.1 Å². The summed E-state index contributed by atoms with van der Waals surface area (Å²) < 4.78 is 1.77. The maximum absolute atomic E-state index is 12.4. The molecule has 6 nitrogen and oxygen atoms in total.